The number of amides is 1. The van der Waals surface area contributed by atoms with E-state index in [0.717, 1.165) is 32.6 Å². The molecule has 1 aromatic carbocycles. The van der Waals surface area contributed by atoms with Gasteiger partial charge in [0.1, 0.15) is 31.9 Å². The third-order valence-corrected chi connectivity index (χ3v) is 4.56. The predicted octanol–water partition coefficient (Wildman–Crippen LogP) is 0.106. The average Bonchev–Trinajstić information content (AvgIpc) is 2.55. The summed E-state index contributed by atoms with van der Waals surface area (Å²) in [5.74, 6) is -0.433. The zero-order valence-corrected chi connectivity index (χ0v) is 14.6. The molecule has 0 spiro atoms. The van der Waals surface area contributed by atoms with Gasteiger partial charge in [-0.15, -0.1) is 13.2 Å². The molecule has 0 aliphatic carbocycles. The topological polar surface area (TPSA) is 47.2 Å². The maximum absolute atomic E-state index is 12.4. The van der Waals surface area contributed by atoms with Gasteiger partial charge in [0.2, 0.25) is 0 Å². The summed E-state index contributed by atoms with van der Waals surface area (Å²) in [5, 5.41) is 2.76. The van der Waals surface area contributed by atoms with Crippen molar-refractivity contribution in [3.8, 4) is 5.75 Å². The molecule has 0 aromatic heterocycles. The molecular weight excluding hydrogens is 335 g/mol. The number of anilines is 1. The van der Waals surface area contributed by atoms with Gasteiger partial charge in [0, 0.05) is 5.69 Å². The Morgan fingerprint density at radius 3 is 2.32 bits per heavy atom. The molecule has 1 fully saturated rings. The molecule has 1 atom stereocenters. The number of ether oxygens (including phenoxy) is 1. The lowest BCUT2D eigenvalue weighted by Gasteiger charge is -2.32. The summed E-state index contributed by atoms with van der Waals surface area (Å²) < 4.78 is 40.2. The van der Waals surface area contributed by atoms with Crippen LogP contribution in [0.15, 0.2) is 24.3 Å². The van der Waals surface area contributed by atoms with Crippen LogP contribution in [0.2, 0.25) is 0 Å². The van der Waals surface area contributed by atoms with Crippen LogP contribution >= 0.6 is 0 Å². The summed E-state index contributed by atoms with van der Waals surface area (Å²) in [6, 6.07) is 4.99. The third-order valence-electron chi connectivity index (χ3n) is 4.56. The van der Waals surface area contributed by atoms with Crippen molar-refractivity contribution in [2.24, 2.45) is 0 Å². The number of rotatable bonds is 6. The van der Waals surface area contributed by atoms with E-state index in [-0.39, 0.29) is 17.7 Å². The first kappa shape index (κ1) is 19.5. The number of piperazine rings is 1. The van der Waals surface area contributed by atoms with Gasteiger partial charge in [-0.2, -0.15) is 0 Å². The van der Waals surface area contributed by atoms with Crippen LogP contribution < -0.4 is 19.9 Å². The van der Waals surface area contributed by atoms with Gasteiger partial charge in [0.05, 0.1) is 6.54 Å². The quantitative estimate of drug-likeness (QED) is 0.673. The zero-order valence-electron chi connectivity index (χ0n) is 14.6. The Kier molecular flexibility index (Phi) is 6.66. The van der Waals surface area contributed by atoms with Crippen molar-refractivity contribution in [1.82, 2.24) is 0 Å². The fraction of sp³-hybridized carbons (Fsp3) is 0.588. The maximum atomic E-state index is 12.4. The van der Waals surface area contributed by atoms with Crippen molar-refractivity contribution >= 4 is 11.6 Å². The highest BCUT2D eigenvalue weighted by Gasteiger charge is 2.32. The Hall–Kier alpha value is -1.80. The van der Waals surface area contributed by atoms with E-state index >= 15 is 0 Å². The Balaban J connectivity index is 1.85. The summed E-state index contributed by atoms with van der Waals surface area (Å²) in [6.07, 6.45) is -3.56. The molecule has 140 valence electrons. The SMILES string of the molecule is CCC[NH+]1CC[NH+]([C@H](C)C(=O)Nc2ccc(OC(F)(F)F)cc2)CC1. The van der Waals surface area contributed by atoms with Crippen LogP contribution in [0.1, 0.15) is 20.3 Å². The average molecular weight is 361 g/mol. The Morgan fingerprint density at radius 1 is 1.20 bits per heavy atom. The molecule has 1 saturated heterocycles. The van der Waals surface area contributed by atoms with Gasteiger partial charge in [0.25, 0.3) is 5.91 Å². The van der Waals surface area contributed by atoms with E-state index in [1.165, 1.54) is 35.7 Å². The molecule has 8 heteroatoms. The lowest BCUT2D eigenvalue weighted by Crippen LogP contribution is -3.30. The van der Waals surface area contributed by atoms with Crippen molar-refractivity contribution in [3.63, 3.8) is 0 Å². The van der Waals surface area contributed by atoms with E-state index < -0.39 is 6.36 Å². The molecule has 2 rings (SSSR count). The highest BCUT2D eigenvalue weighted by atomic mass is 19.4. The minimum atomic E-state index is -4.72. The Labute approximate surface area is 145 Å². The number of nitrogens with one attached hydrogen (secondary N) is 3. The first-order chi connectivity index (χ1) is 11.8. The monoisotopic (exact) mass is 361 g/mol. The van der Waals surface area contributed by atoms with Crippen molar-refractivity contribution in [2.45, 2.75) is 32.7 Å². The summed E-state index contributed by atoms with van der Waals surface area (Å²) in [4.78, 5) is 15.2. The second-order valence-corrected chi connectivity index (χ2v) is 6.44. The Bertz CT molecular complexity index is 555. The lowest BCUT2D eigenvalue weighted by molar-refractivity contribution is -1.02. The van der Waals surface area contributed by atoms with Gasteiger partial charge in [-0.25, -0.2) is 0 Å². The summed E-state index contributed by atoms with van der Waals surface area (Å²) >= 11 is 0. The van der Waals surface area contributed by atoms with Crippen LogP contribution in [0.25, 0.3) is 0 Å². The van der Waals surface area contributed by atoms with E-state index in [9.17, 15) is 18.0 Å². The fourth-order valence-electron chi connectivity index (χ4n) is 3.14. The second-order valence-electron chi connectivity index (χ2n) is 6.44. The number of halogens is 3. The van der Waals surface area contributed by atoms with Gasteiger partial charge in [-0.3, -0.25) is 4.79 Å². The number of benzene rings is 1. The van der Waals surface area contributed by atoms with E-state index in [2.05, 4.69) is 17.0 Å². The lowest BCUT2D eigenvalue weighted by atomic mass is 10.2. The van der Waals surface area contributed by atoms with Crippen molar-refractivity contribution in [1.29, 1.82) is 0 Å². The highest BCUT2D eigenvalue weighted by molar-refractivity contribution is 5.93. The number of carbonyl (C=O) groups is 1. The molecule has 0 unspecified atom stereocenters. The fourth-order valence-corrected chi connectivity index (χ4v) is 3.14. The molecule has 3 N–H and O–H groups in total. The first-order valence-electron chi connectivity index (χ1n) is 8.63. The van der Waals surface area contributed by atoms with Crippen LogP contribution in [0.4, 0.5) is 18.9 Å². The minimum absolute atomic E-state index is 0.126. The molecule has 0 saturated carbocycles. The summed E-state index contributed by atoms with van der Waals surface area (Å²) in [5.41, 5.74) is 0.459. The highest BCUT2D eigenvalue weighted by Crippen LogP contribution is 2.23. The molecule has 1 aliphatic rings. The molecule has 25 heavy (non-hydrogen) atoms. The van der Waals surface area contributed by atoms with Gasteiger partial charge >= 0.3 is 6.36 Å². The number of carbonyl (C=O) groups excluding carboxylic acids is 1. The molecule has 5 nitrogen and oxygen atoms in total. The molecule has 0 radical (unpaired) electrons. The van der Waals surface area contributed by atoms with Crippen LogP contribution in [0.3, 0.4) is 0 Å². The molecule has 0 bridgehead atoms. The van der Waals surface area contributed by atoms with E-state index in [0.29, 0.717) is 5.69 Å². The van der Waals surface area contributed by atoms with Gasteiger partial charge in [0.15, 0.2) is 6.04 Å². The second kappa shape index (κ2) is 8.53. The van der Waals surface area contributed by atoms with Crippen molar-refractivity contribution in [2.75, 3.05) is 38.0 Å². The van der Waals surface area contributed by atoms with Crippen LogP contribution in [0, 0.1) is 0 Å². The summed E-state index contributed by atoms with van der Waals surface area (Å²) in [7, 11) is 0. The number of alkyl halides is 3. The van der Waals surface area contributed by atoms with Gasteiger partial charge in [-0.05, 0) is 37.6 Å². The number of hydrogen-bond acceptors (Lipinski definition) is 2. The normalized spacial score (nSPS) is 22.3. The van der Waals surface area contributed by atoms with E-state index in [4.69, 9.17) is 0 Å². The molecule has 1 aliphatic heterocycles. The Morgan fingerprint density at radius 2 is 1.80 bits per heavy atom. The standard InChI is InChI=1S/C17H24F3N3O2/c1-3-8-22-9-11-23(12-10-22)13(2)16(24)21-14-4-6-15(7-5-14)25-17(18,19)20/h4-7,13H,3,8-12H2,1-2H3,(H,21,24)/p+2/t13-/m1/s1. The summed E-state index contributed by atoms with van der Waals surface area (Å²) in [6.45, 7) is 9.24. The van der Waals surface area contributed by atoms with E-state index in [1.807, 2.05) is 6.92 Å². The molecule has 1 heterocycles. The largest absolute Gasteiger partial charge is 0.573 e. The van der Waals surface area contributed by atoms with Crippen molar-refractivity contribution < 1.29 is 32.5 Å². The maximum Gasteiger partial charge on any atom is 0.573 e. The van der Waals surface area contributed by atoms with Gasteiger partial charge in [-0.1, -0.05) is 6.92 Å². The van der Waals surface area contributed by atoms with E-state index in [1.54, 1.807) is 4.90 Å². The number of hydrogen-bond donors (Lipinski definition) is 3. The van der Waals surface area contributed by atoms with Crippen molar-refractivity contribution in [3.05, 3.63) is 24.3 Å². The molecule has 1 aromatic rings. The van der Waals surface area contributed by atoms with Crippen LogP contribution in [0.5, 0.6) is 5.75 Å². The van der Waals surface area contributed by atoms with Crippen LogP contribution in [-0.2, 0) is 4.79 Å². The van der Waals surface area contributed by atoms with Gasteiger partial charge < -0.3 is 19.9 Å². The molecule has 1 amide bonds. The smallest absolute Gasteiger partial charge is 0.406 e. The first-order valence-corrected chi connectivity index (χ1v) is 8.63. The zero-order chi connectivity index (χ0) is 18.4. The predicted molar refractivity (Wildman–Crippen MR) is 87.8 cm³/mol. The number of quaternary nitrogens is 2. The van der Waals surface area contributed by atoms with Crippen LogP contribution in [-0.4, -0.2) is 51.0 Å². The third kappa shape index (κ3) is 6.21. The minimum Gasteiger partial charge on any atom is -0.406 e. The molecular formula is C17H26F3N3O2+2.